The zero-order valence-electron chi connectivity index (χ0n) is 15.2. The van der Waals surface area contributed by atoms with Crippen molar-refractivity contribution < 1.29 is 24.2 Å². The summed E-state index contributed by atoms with van der Waals surface area (Å²) in [6, 6.07) is 15.0. The highest BCUT2D eigenvalue weighted by Gasteiger charge is 2.40. The van der Waals surface area contributed by atoms with Crippen LogP contribution in [0.4, 0.5) is 0 Å². The number of carboxylic acid groups (broad SMARTS) is 1. The lowest BCUT2D eigenvalue weighted by atomic mass is 9.87. The number of benzene rings is 2. The van der Waals surface area contributed by atoms with Gasteiger partial charge < -0.3 is 20.5 Å². The van der Waals surface area contributed by atoms with E-state index in [1.54, 1.807) is 61.5 Å². The zero-order valence-corrected chi connectivity index (χ0v) is 15.2. The first kappa shape index (κ1) is 20.0. The molecule has 0 spiro atoms. The fraction of sp³-hybridized carbons (Fsp3) is 0.250. The molecule has 2 aromatic rings. The van der Waals surface area contributed by atoms with Crippen molar-refractivity contribution in [3.63, 3.8) is 0 Å². The fourth-order valence-electron chi connectivity index (χ4n) is 2.72. The smallest absolute Gasteiger partial charge is 0.334 e. The van der Waals surface area contributed by atoms with E-state index in [0.717, 1.165) is 0 Å². The molecule has 2 amide bonds. The number of carbonyl (C=O) groups is 3. The fourth-order valence-corrected chi connectivity index (χ4v) is 2.72. The molecule has 7 nitrogen and oxygen atoms in total. The van der Waals surface area contributed by atoms with Crippen molar-refractivity contribution in [3.05, 3.63) is 65.7 Å². The molecule has 0 fully saturated rings. The lowest BCUT2D eigenvalue weighted by Crippen LogP contribution is -2.53. The maximum absolute atomic E-state index is 12.3. The number of ether oxygens (including phenoxy) is 1. The van der Waals surface area contributed by atoms with E-state index in [0.29, 0.717) is 16.9 Å². The molecule has 3 N–H and O–H groups in total. The van der Waals surface area contributed by atoms with E-state index in [-0.39, 0.29) is 13.0 Å². The lowest BCUT2D eigenvalue weighted by Gasteiger charge is -2.30. The van der Waals surface area contributed by atoms with E-state index in [9.17, 15) is 19.5 Å². The average molecular weight is 370 g/mol. The Labute approximate surface area is 157 Å². The Kier molecular flexibility index (Phi) is 6.54. The molecule has 0 saturated heterocycles. The van der Waals surface area contributed by atoms with Gasteiger partial charge in [0.05, 0.1) is 13.7 Å². The number of rotatable bonds is 8. The molecule has 2 rings (SSSR count). The summed E-state index contributed by atoms with van der Waals surface area (Å²) in [6.45, 7) is 1.33. The molecule has 0 aliphatic heterocycles. The van der Waals surface area contributed by atoms with Gasteiger partial charge in [0.25, 0.3) is 5.91 Å². The summed E-state index contributed by atoms with van der Waals surface area (Å²) >= 11 is 0. The van der Waals surface area contributed by atoms with Crippen LogP contribution in [0.2, 0.25) is 0 Å². The monoisotopic (exact) mass is 370 g/mol. The van der Waals surface area contributed by atoms with Crippen LogP contribution in [0.15, 0.2) is 54.6 Å². The van der Waals surface area contributed by atoms with Crippen LogP contribution in [-0.2, 0) is 15.1 Å². The van der Waals surface area contributed by atoms with Gasteiger partial charge in [0.2, 0.25) is 5.91 Å². The van der Waals surface area contributed by atoms with Gasteiger partial charge in [-0.25, -0.2) is 4.79 Å². The van der Waals surface area contributed by atoms with Crippen molar-refractivity contribution in [2.75, 3.05) is 13.7 Å². The van der Waals surface area contributed by atoms with Gasteiger partial charge in [-0.3, -0.25) is 9.59 Å². The Morgan fingerprint density at radius 1 is 1.07 bits per heavy atom. The van der Waals surface area contributed by atoms with Crippen molar-refractivity contribution in [2.24, 2.45) is 0 Å². The third kappa shape index (κ3) is 4.63. The average Bonchev–Trinajstić information content (AvgIpc) is 2.70. The Bertz CT molecular complexity index is 822. The standard InChI is InChI=1S/C20H22N2O5/c1-3-20(19(25)26,15-9-5-4-6-10-15)22-17(23)13-21-18(24)14-8-7-11-16(12-14)27-2/h4-12H,3,13H2,1-2H3,(H,21,24)(H,22,23)(H,25,26). The van der Waals surface area contributed by atoms with E-state index in [2.05, 4.69) is 10.6 Å². The molecule has 0 saturated carbocycles. The van der Waals surface area contributed by atoms with Gasteiger partial charge in [-0.15, -0.1) is 0 Å². The van der Waals surface area contributed by atoms with Crippen LogP contribution in [0.25, 0.3) is 0 Å². The molecule has 27 heavy (non-hydrogen) atoms. The summed E-state index contributed by atoms with van der Waals surface area (Å²) in [7, 11) is 1.49. The zero-order chi connectivity index (χ0) is 19.9. The molecule has 142 valence electrons. The first-order chi connectivity index (χ1) is 12.9. The predicted molar refractivity (Wildman–Crippen MR) is 99.5 cm³/mol. The lowest BCUT2D eigenvalue weighted by molar-refractivity contribution is -0.148. The van der Waals surface area contributed by atoms with Gasteiger partial charge in [0, 0.05) is 5.56 Å². The molecule has 0 bridgehead atoms. The van der Waals surface area contributed by atoms with Gasteiger partial charge >= 0.3 is 5.97 Å². The van der Waals surface area contributed by atoms with Gasteiger partial charge in [-0.05, 0) is 30.2 Å². The molecule has 0 radical (unpaired) electrons. The number of methoxy groups -OCH3 is 1. The maximum atomic E-state index is 12.3. The van der Waals surface area contributed by atoms with Crippen LogP contribution in [0.1, 0.15) is 29.3 Å². The van der Waals surface area contributed by atoms with Crippen molar-refractivity contribution >= 4 is 17.8 Å². The third-order valence-electron chi connectivity index (χ3n) is 4.26. The first-order valence-corrected chi connectivity index (χ1v) is 8.45. The van der Waals surface area contributed by atoms with Gasteiger partial charge in [-0.2, -0.15) is 0 Å². The minimum Gasteiger partial charge on any atom is -0.497 e. The molecule has 0 aromatic heterocycles. The number of amides is 2. The molecule has 1 unspecified atom stereocenters. The molecule has 1 atom stereocenters. The highest BCUT2D eigenvalue weighted by atomic mass is 16.5. The van der Waals surface area contributed by atoms with E-state index in [1.165, 1.54) is 7.11 Å². The van der Waals surface area contributed by atoms with Crippen LogP contribution in [0.5, 0.6) is 5.75 Å². The highest BCUT2D eigenvalue weighted by molar-refractivity contribution is 5.97. The van der Waals surface area contributed by atoms with Gasteiger partial charge in [0.15, 0.2) is 5.54 Å². The Morgan fingerprint density at radius 2 is 1.78 bits per heavy atom. The Morgan fingerprint density at radius 3 is 2.37 bits per heavy atom. The van der Waals surface area contributed by atoms with E-state index >= 15 is 0 Å². The SMILES string of the molecule is CCC(NC(=O)CNC(=O)c1cccc(OC)c1)(C(=O)O)c1ccccc1. The summed E-state index contributed by atoms with van der Waals surface area (Å²) in [4.78, 5) is 36.4. The second-order valence-electron chi connectivity index (χ2n) is 5.89. The molecular weight excluding hydrogens is 348 g/mol. The van der Waals surface area contributed by atoms with Crippen LogP contribution in [0, 0.1) is 0 Å². The largest absolute Gasteiger partial charge is 0.497 e. The normalized spacial score (nSPS) is 12.5. The van der Waals surface area contributed by atoms with Crippen LogP contribution in [-0.4, -0.2) is 36.5 Å². The first-order valence-electron chi connectivity index (χ1n) is 8.45. The van der Waals surface area contributed by atoms with Crippen molar-refractivity contribution in [1.29, 1.82) is 0 Å². The number of carboxylic acids is 1. The van der Waals surface area contributed by atoms with Crippen molar-refractivity contribution in [3.8, 4) is 5.75 Å². The Balaban J connectivity index is 2.08. The minimum atomic E-state index is -1.56. The molecule has 0 aliphatic carbocycles. The van der Waals surface area contributed by atoms with E-state index in [1.807, 2.05) is 0 Å². The van der Waals surface area contributed by atoms with Crippen molar-refractivity contribution in [1.82, 2.24) is 10.6 Å². The van der Waals surface area contributed by atoms with E-state index in [4.69, 9.17) is 4.74 Å². The third-order valence-corrected chi connectivity index (χ3v) is 4.26. The van der Waals surface area contributed by atoms with Crippen molar-refractivity contribution in [2.45, 2.75) is 18.9 Å². The molecular formula is C20H22N2O5. The predicted octanol–water partition coefficient (Wildman–Crippen LogP) is 1.93. The quantitative estimate of drug-likeness (QED) is 0.659. The van der Waals surface area contributed by atoms with Crippen LogP contribution >= 0.6 is 0 Å². The number of hydrogen-bond donors (Lipinski definition) is 3. The minimum absolute atomic E-state index is 0.155. The summed E-state index contributed by atoms with van der Waals surface area (Å²) in [5, 5.41) is 14.8. The molecule has 2 aromatic carbocycles. The number of hydrogen-bond acceptors (Lipinski definition) is 4. The van der Waals surface area contributed by atoms with Gasteiger partial charge in [-0.1, -0.05) is 43.3 Å². The second kappa shape index (κ2) is 8.84. The summed E-state index contributed by atoms with van der Waals surface area (Å²) in [5.41, 5.74) is -0.753. The van der Waals surface area contributed by atoms with Crippen LogP contribution < -0.4 is 15.4 Å². The highest BCUT2D eigenvalue weighted by Crippen LogP contribution is 2.25. The van der Waals surface area contributed by atoms with Crippen LogP contribution in [0.3, 0.4) is 0 Å². The molecule has 0 aliphatic rings. The Hall–Kier alpha value is -3.35. The summed E-state index contributed by atoms with van der Waals surface area (Å²) < 4.78 is 5.06. The number of nitrogens with one attached hydrogen (secondary N) is 2. The maximum Gasteiger partial charge on any atom is 0.334 e. The number of aliphatic carboxylic acids is 1. The molecule has 7 heteroatoms. The summed E-state index contributed by atoms with van der Waals surface area (Å²) in [5.74, 6) is -1.70. The number of carbonyl (C=O) groups excluding carboxylic acids is 2. The molecule has 0 heterocycles. The van der Waals surface area contributed by atoms with E-state index < -0.39 is 23.3 Å². The topological polar surface area (TPSA) is 105 Å². The summed E-state index contributed by atoms with van der Waals surface area (Å²) in [6.07, 6.45) is 0.155. The second-order valence-corrected chi connectivity index (χ2v) is 5.89. The van der Waals surface area contributed by atoms with Gasteiger partial charge in [0.1, 0.15) is 5.75 Å².